The van der Waals surface area contributed by atoms with E-state index in [-0.39, 0.29) is 18.2 Å². The van der Waals surface area contributed by atoms with E-state index in [1.165, 1.54) is 11.8 Å². The minimum absolute atomic E-state index is 0.0910. The van der Waals surface area contributed by atoms with E-state index >= 15 is 0 Å². The maximum absolute atomic E-state index is 12.1. The zero-order chi connectivity index (χ0) is 18.4. The average Bonchev–Trinajstić information content (AvgIpc) is 2.96. The molecular formula is C19H19N3O3S. The number of anilines is 1. The summed E-state index contributed by atoms with van der Waals surface area (Å²) in [4.78, 5) is 28.6. The molecule has 0 radical (unpaired) electrons. The first-order chi connectivity index (χ1) is 12.6. The van der Waals surface area contributed by atoms with Gasteiger partial charge in [-0.3, -0.25) is 9.59 Å². The van der Waals surface area contributed by atoms with Crippen molar-refractivity contribution >= 4 is 40.1 Å². The number of benzene rings is 2. The molecule has 7 heteroatoms. The van der Waals surface area contributed by atoms with Gasteiger partial charge in [-0.1, -0.05) is 30.0 Å². The molecule has 26 heavy (non-hydrogen) atoms. The van der Waals surface area contributed by atoms with Crippen molar-refractivity contribution in [2.75, 3.05) is 11.9 Å². The van der Waals surface area contributed by atoms with E-state index in [4.69, 9.17) is 4.74 Å². The van der Waals surface area contributed by atoms with Gasteiger partial charge in [-0.25, -0.2) is 4.99 Å². The number of nitrogens with zero attached hydrogens (tertiary/aromatic N) is 1. The molecule has 2 aromatic carbocycles. The zero-order valence-corrected chi connectivity index (χ0v) is 15.1. The molecule has 1 saturated heterocycles. The van der Waals surface area contributed by atoms with Crippen LogP contribution in [0.5, 0.6) is 5.75 Å². The molecule has 1 aliphatic heterocycles. The van der Waals surface area contributed by atoms with Crippen molar-refractivity contribution in [2.45, 2.75) is 18.6 Å². The lowest BCUT2D eigenvalue weighted by molar-refractivity contribution is -0.122. The largest absolute Gasteiger partial charge is 0.494 e. The van der Waals surface area contributed by atoms with Gasteiger partial charge >= 0.3 is 0 Å². The summed E-state index contributed by atoms with van der Waals surface area (Å²) in [6.07, 6.45) is 0.0910. The lowest BCUT2D eigenvalue weighted by Crippen LogP contribution is -2.28. The van der Waals surface area contributed by atoms with Crippen LogP contribution >= 0.6 is 11.8 Å². The predicted molar refractivity (Wildman–Crippen MR) is 104 cm³/mol. The second-order valence-corrected chi connectivity index (χ2v) is 6.75. The van der Waals surface area contributed by atoms with Crippen LogP contribution in [-0.4, -0.2) is 28.8 Å². The molecule has 0 spiro atoms. The number of amides is 2. The standard InChI is InChI=1S/C19H19N3O3S/c1-2-25-15-10-8-14(9-11-15)21-19-22-18(24)16(26-19)12-17(23)20-13-6-4-3-5-7-13/h3-11,16H,2,12H2,1H3,(H,20,23)(H,21,22,24)/t16-/m1/s1. The minimum atomic E-state index is -0.486. The molecule has 2 aromatic rings. The molecule has 3 rings (SSSR count). The molecule has 0 unspecified atom stereocenters. The third-order valence-corrected chi connectivity index (χ3v) is 4.67. The van der Waals surface area contributed by atoms with Crippen LogP contribution in [0.25, 0.3) is 0 Å². The number of carbonyl (C=O) groups is 2. The molecule has 2 amide bonds. The van der Waals surface area contributed by atoms with Gasteiger partial charge in [0.2, 0.25) is 11.8 Å². The Morgan fingerprint density at radius 2 is 1.92 bits per heavy atom. The monoisotopic (exact) mass is 369 g/mol. The van der Waals surface area contributed by atoms with Gasteiger partial charge in [-0.05, 0) is 43.3 Å². The van der Waals surface area contributed by atoms with E-state index in [1.807, 2.05) is 49.4 Å². The smallest absolute Gasteiger partial charge is 0.240 e. The number of aliphatic imine (C=N–C) groups is 1. The fourth-order valence-electron chi connectivity index (χ4n) is 2.39. The Hall–Kier alpha value is -2.80. The second kappa shape index (κ2) is 8.53. The number of hydrogen-bond acceptors (Lipinski definition) is 5. The van der Waals surface area contributed by atoms with Gasteiger partial charge in [0.05, 0.1) is 12.3 Å². The van der Waals surface area contributed by atoms with E-state index < -0.39 is 5.25 Å². The fraction of sp³-hybridized carbons (Fsp3) is 0.211. The first kappa shape index (κ1) is 18.0. The first-order valence-corrected chi connectivity index (χ1v) is 9.16. The summed E-state index contributed by atoms with van der Waals surface area (Å²) in [5, 5.41) is 5.52. The normalized spacial score (nSPS) is 17.8. The Kier molecular flexibility index (Phi) is 5.91. The molecular weight excluding hydrogens is 350 g/mol. The maximum Gasteiger partial charge on any atom is 0.240 e. The van der Waals surface area contributed by atoms with Gasteiger partial charge in [0.15, 0.2) is 5.17 Å². The molecule has 1 atom stereocenters. The third kappa shape index (κ3) is 4.86. The molecule has 1 heterocycles. The highest BCUT2D eigenvalue weighted by Crippen LogP contribution is 2.26. The Labute approximate surface area is 156 Å². The van der Waals surface area contributed by atoms with E-state index in [2.05, 4.69) is 15.6 Å². The van der Waals surface area contributed by atoms with E-state index in [9.17, 15) is 9.59 Å². The van der Waals surface area contributed by atoms with Crippen LogP contribution in [0, 0.1) is 0 Å². The van der Waals surface area contributed by atoms with Crippen molar-refractivity contribution in [3.05, 3.63) is 54.6 Å². The number of thioether (sulfide) groups is 1. The molecule has 1 fully saturated rings. The molecule has 0 bridgehead atoms. The van der Waals surface area contributed by atoms with Crippen molar-refractivity contribution in [1.29, 1.82) is 0 Å². The Morgan fingerprint density at radius 1 is 1.19 bits per heavy atom. The number of ether oxygens (including phenoxy) is 1. The number of hydrogen-bond donors (Lipinski definition) is 2. The maximum atomic E-state index is 12.1. The van der Waals surface area contributed by atoms with Gasteiger partial charge < -0.3 is 15.4 Å². The SMILES string of the molecule is CCOc1ccc(N=C2NC(=O)[C@@H](CC(=O)Nc3ccccc3)S2)cc1. The van der Waals surface area contributed by atoms with Gasteiger partial charge in [0.1, 0.15) is 11.0 Å². The third-order valence-electron chi connectivity index (χ3n) is 3.58. The van der Waals surface area contributed by atoms with E-state index in [0.717, 1.165) is 5.75 Å². The molecule has 0 aromatic heterocycles. The first-order valence-electron chi connectivity index (χ1n) is 8.28. The lowest BCUT2D eigenvalue weighted by Gasteiger charge is -2.07. The van der Waals surface area contributed by atoms with Gasteiger partial charge in [0.25, 0.3) is 0 Å². The average molecular weight is 369 g/mol. The van der Waals surface area contributed by atoms with Crippen molar-refractivity contribution in [3.63, 3.8) is 0 Å². The summed E-state index contributed by atoms with van der Waals surface area (Å²) >= 11 is 1.26. The summed E-state index contributed by atoms with van der Waals surface area (Å²) in [5.41, 5.74) is 1.43. The van der Waals surface area contributed by atoms with Crippen LogP contribution < -0.4 is 15.4 Å². The zero-order valence-electron chi connectivity index (χ0n) is 14.3. The van der Waals surface area contributed by atoms with Crippen LogP contribution in [0.4, 0.5) is 11.4 Å². The lowest BCUT2D eigenvalue weighted by atomic mass is 10.2. The topological polar surface area (TPSA) is 79.8 Å². The highest BCUT2D eigenvalue weighted by molar-refractivity contribution is 8.15. The van der Waals surface area contributed by atoms with Crippen LogP contribution in [0.2, 0.25) is 0 Å². The Bertz CT molecular complexity index is 807. The molecule has 0 aliphatic carbocycles. The number of para-hydroxylation sites is 1. The van der Waals surface area contributed by atoms with Gasteiger partial charge in [-0.2, -0.15) is 0 Å². The van der Waals surface area contributed by atoms with Crippen LogP contribution in [-0.2, 0) is 9.59 Å². The molecule has 1 aliphatic rings. The second-order valence-electron chi connectivity index (χ2n) is 5.56. The summed E-state index contributed by atoms with van der Waals surface area (Å²) in [6, 6.07) is 16.5. The molecule has 0 saturated carbocycles. The summed E-state index contributed by atoms with van der Waals surface area (Å²) in [6.45, 7) is 2.53. The highest BCUT2D eigenvalue weighted by atomic mass is 32.2. The highest BCUT2D eigenvalue weighted by Gasteiger charge is 2.32. The Morgan fingerprint density at radius 3 is 2.62 bits per heavy atom. The number of rotatable bonds is 6. The summed E-state index contributed by atoms with van der Waals surface area (Å²) < 4.78 is 5.39. The predicted octanol–water partition coefficient (Wildman–Crippen LogP) is 3.33. The molecule has 134 valence electrons. The number of amidine groups is 1. The van der Waals surface area contributed by atoms with Crippen LogP contribution in [0.3, 0.4) is 0 Å². The van der Waals surface area contributed by atoms with Crippen molar-refractivity contribution in [3.8, 4) is 5.75 Å². The Balaban J connectivity index is 1.58. The van der Waals surface area contributed by atoms with Gasteiger partial charge in [-0.15, -0.1) is 0 Å². The van der Waals surface area contributed by atoms with Crippen LogP contribution in [0.1, 0.15) is 13.3 Å². The summed E-state index contributed by atoms with van der Waals surface area (Å²) in [7, 11) is 0. The number of nitrogens with one attached hydrogen (secondary N) is 2. The quantitative estimate of drug-likeness (QED) is 0.818. The van der Waals surface area contributed by atoms with Gasteiger partial charge in [0, 0.05) is 12.1 Å². The molecule has 6 nitrogen and oxygen atoms in total. The van der Waals surface area contributed by atoms with E-state index in [1.54, 1.807) is 12.1 Å². The van der Waals surface area contributed by atoms with Crippen LogP contribution in [0.15, 0.2) is 59.6 Å². The minimum Gasteiger partial charge on any atom is -0.494 e. The fourth-order valence-corrected chi connectivity index (χ4v) is 3.38. The molecule has 2 N–H and O–H groups in total. The number of carbonyl (C=O) groups excluding carboxylic acids is 2. The van der Waals surface area contributed by atoms with E-state index in [0.29, 0.717) is 23.1 Å². The van der Waals surface area contributed by atoms with Crippen molar-refractivity contribution in [2.24, 2.45) is 4.99 Å². The van der Waals surface area contributed by atoms with Crippen molar-refractivity contribution in [1.82, 2.24) is 5.32 Å². The van der Waals surface area contributed by atoms with Crippen molar-refractivity contribution < 1.29 is 14.3 Å². The summed E-state index contributed by atoms with van der Waals surface area (Å²) in [5.74, 6) is 0.365.